The maximum Gasteiger partial charge on any atom is 0.241 e. The summed E-state index contributed by atoms with van der Waals surface area (Å²) in [4.78, 5) is 14.1. The minimum absolute atomic E-state index is 0.116. The predicted molar refractivity (Wildman–Crippen MR) is 89.5 cm³/mol. The van der Waals surface area contributed by atoms with E-state index in [4.69, 9.17) is 9.47 Å². The fourth-order valence-electron chi connectivity index (χ4n) is 2.52. The van der Waals surface area contributed by atoms with Gasteiger partial charge >= 0.3 is 0 Å². The highest BCUT2D eigenvalue weighted by molar-refractivity contribution is 7.89. The highest BCUT2D eigenvalue weighted by Crippen LogP contribution is 2.22. The van der Waals surface area contributed by atoms with Gasteiger partial charge < -0.3 is 14.4 Å². The van der Waals surface area contributed by atoms with Gasteiger partial charge in [0.15, 0.2) is 0 Å². The third-order valence-corrected chi connectivity index (χ3v) is 5.32. The number of aryl methyl sites for hydroxylation is 1. The van der Waals surface area contributed by atoms with E-state index < -0.39 is 16.1 Å². The zero-order valence-corrected chi connectivity index (χ0v) is 15.1. The zero-order chi connectivity index (χ0) is 17.7. The van der Waals surface area contributed by atoms with Crippen molar-refractivity contribution in [1.82, 2.24) is 9.62 Å². The first-order chi connectivity index (χ1) is 11.3. The Bertz CT molecular complexity index is 684. The molecule has 1 unspecified atom stereocenters. The average molecular weight is 356 g/mol. The van der Waals surface area contributed by atoms with Gasteiger partial charge in [0.25, 0.3) is 0 Å². The lowest BCUT2D eigenvalue weighted by molar-refractivity contribution is -0.136. The molecule has 0 bridgehead atoms. The van der Waals surface area contributed by atoms with Crippen LogP contribution < -0.4 is 9.46 Å². The van der Waals surface area contributed by atoms with Crippen LogP contribution in [0.1, 0.15) is 19.4 Å². The van der Waals surface area contributed by atoms with Crippen molar-refractivity contribution in [3.8, 4) is 5.75 Å². The molecule has 1 fully saturated rings. The lowest BCUT2D eigenvalue weighted by Crippen LogP contribution is -2.50. The number of hydrogen-bond acceptors (Lipinski definition) is 5. The second-order valence-corrected chi connectivity index (χ2v) is 7.35. The van der Waals surface area contributed by atoms with E-state index in [0.717, 1.165) is 5.56 Å². The van der Waals surface area contributed by atoms with Crippen LogP contribution in [-0.2, 0) is 19.6 Å². The number of carbonyl (C=O) groups excluding carboxylic acids is 1. The smallest absolute Gasteiger partial charge is 0.241 e. The van der Waals surface area contributed by atoms with Gasteiger partial charge in [-0.1, -0.05) is 0 Å². The molecule has 1 atom stereocenters. The molecule has 1 aromatic carbocycles. The third kappa shape index (κ3) is 4.46. The largest absolute Gasteiger partial charge is 0.494 e. The summed E-state index contributed by atoms with van der Waals surface area (Å²) in [6, 6.07) is 3.81. The van der Waals surface area contributed by atoms with E-state index in [1.165, 1.54) is 6.07 Å². The van der Waals surface area contributed by atoms with Crippen LogP contribution in [0.25, 0.3) is 0 Å². The van der Waals surface area contributed by atoms with Crippen LogP contribution in [0.3, 0.4) is 0 Å². The Balaban J connectivity index is 2.09. The quantitative estimate of drug-likeness (QED) is 0.819. The molecule has 8 heteroatoms. The lowest BCUT2D eigenvalue weighted by Gasteiger charge is -2.29. The lowest BCUT2D eigenvalue weighted by atomic mass is 10.2. The van der Waals surface area contributed by atoms with Gasteiger partial charge in [0.1, 0.15) is 5.75 Å². The number of sulfonamides is 1. The van der Waals surface area contributed by atoms with E-state index >= 15 is 0 Å². The van der Waals surface area contributed by atoms with E-state index in [0.29, 0.717) is 38.7 Å². The summed E-state index contributed by atoms with van der Waals surface area (Å²) in [5.41, 5.74) is 0.729. The minimum Gasteiger partial charge on any atom is -0.494 e. The molecule has 134 valence electrons. The van der Waals surface area contributed by atoms with Crippen LogP contribution in [0.2, 0.25) is 0 Å². The standard InChI is InChI=1S/C16H24N2O5S/c1-4-23-15-6-5-14(11-12(15)2)24(20,21)17-13(3)16(19)18-7-9-22-10-8-18/h5-6,11,13,17H,4,7-10H2,1-3H3. The van der Waals surface area contributed by atoms with Gasteiger partial charge in [0.2, 0.25) is 15.9 Å². The predicted octanol–water partition coefficient (Wildman–Crippen LogP) is 0.919. The van der Waals surface area contributed by atoms with Crippen LogP contribution in [0.15, 0.2) is 23.1 Å². The number of morpholine rings is 1. The topological polar surface area (TPSA) is 84.9 Å². The van der Waals surface area contributed by atoms with Crippen molar-refractivity contribution in [1.29, 1.82) is 0 Å². The summed E-state index contributed by atoms with van der Waals surface area (Å²) in [6.45, 7) is 7.62. The molecule has 1 aliphatic rings. The fourth-order valence-corrected chi connectivity index (χ4v) is 3.80. The SMILES string of the molecule is CCOc1ccc(S(=O)(=O)NC(C)C(=O)N2CCOCC2)cc1C. The Labute approximate surface area is 143 Å². The number of nitrogens with one attached hydrogen (secondary N) is 1. The highest BCUT2D eigenvalue weighted by atomic mass is 32.2. The summed E-state index contributed by atoms with van der Waals surface area (Å²) in [6.07, 6.45) is 0. The van der Waals surface area contributed by atoms with Gasteiger partial charge in [-0.3, -0.25) is 4.79 Å². The maximum atomic E-state index is 12.5. The van der Waals surface area contributed by atoms with E-state index in [9.17, 15) is 13.2 Å². The van der Waals surface area contributed by atoms with E-state index in [-0.39, 0.29) is 10.8 Å². The van der Waals surface area contributed by atoms with Gasteiger partial charge in [-0.2, -0.15) is 4.72 Å². The normalized spacial score (nSPS) is 16.7. The first kappa shape index (κ1) is 18.7. The number of nitrogens with zero attached hydrogens (tertiary/aromatic N) is 1. The second-order valence-electron chi connectivity index (χ2n) is 5.64. The minimum atomic E-state index is -3.78. The Morgan fingerprint density at radius 2 is 2.04 bits per heavy atom. The van der Waals surface area contributed by atoms with Crippen molar-refractivity contribution in [3.63, 3.8) is 0 Å². The number of rotatable bonds is 6. The molecule has 1 saturated heterocycles. The number of benzene rings is 1. The molecule has 0 aromatic heterocycles. The highest BCUT2D eigenvalue weighted by Gasteiger charge is 2.27. The van der Waals surface area contributed by atoms with Gasteiger partial charge in [-0.15, -0.1) is 0 Å². The van der Waals surface area contributed by atoms with Gasteiger partial charge in [-0.05, 0) is 44.5 Å². The summed E-state index contributed by atoms with van der Waals surface area (Å²) in [5, 5.41) is 0. The van der Waals surface area contributed by atoms with E-state index in [1.54, 1.807) is 30.9 Å². The van der Waals surface area contributed by atoms with Gasteiger partial charge in [0.05, 0.1) is 30.8 Å². The van der Waals surface area contributed by atoms with Crippen LogP contribution >= 0.6 is 0 Å². The third-order valence-electron chi connectivity index (χ3n) is 3.78. The Kier molecular flexibility index (Phi) is 6.20. The van der Waals surface area contributed by atoms with Crippen LogP contribution in [0.4, 0.5) is 0 Å². The van der Waals surface area contributed by atoms with Gasteiger partial charge in [-0.25, -0.2) is 8.42 Å². The molecule has 0 aliphatic carbocycles. The molecular weight excluding hydrogens is 332 g/mol. The molecule has 1 N–H and O–H groups in total. The number of hydrogen-bond donors (Lipinski definition) is 1. The monoisotopic (exact) mass is 356 g/mol. The average Bonchev–Trinajstić information content (AvgIpc) is 2.56. The summed E-state index contributed by atoms with van der Waals surface area (Å²) in [7, 11) is -3.78. The molecule has 1 aliphatic heterocycles. The number of carbonyl (C=O) groups is 1. The fraction of sp³-hybridized carbons (Fsp3) is 0.562. The van der Waals surface area contributed by atoms with Crippen molar-refractivity contribution in [2.24, 2.45) is 0 Å². The number of amides is 1. The molecule has 0 radical (unpaired) electrons. The summed E-state index contributed by atoms with van der Waals surface area (Å²) in [5.74, 6) is 0.401. The maximum absolute atomic E-state index is 12.5. The van der Waals surface area contributed by atoms with Crippen molar-refractivity contribution < 1.29 is 22.7 Å². The molecule has 24 heavy (non-hydrogen) atoms. The summed E-state index contributed by atoms with van der Waals surface area (Å²) < 4.78 is 38.1. The molecular formula is C16H24N2O5S. The first-order valence-corrected chi connectivity index (χ1v) is 9.45. The molecule has 2 rings (SSSR count). The zero-order valence-electron chi connectivity index (χ0n) is 14.2. The Morgan fingerprint density at radius 1 is 1.38 bits per heavy atom. The van der Waals surface area contributed by atoms with Crippen LogP contribution in [0.5, 0.6) is 5.75 Å². The molecule has 1 aromatic rings. The molecule has 7 nitrogen and oxygen atoms in total. The van der Waals surface area contributed by atoms with Crippen LogP contribution in [0, 0.1) is 6.92 Å². The van der Waals surface area contributed by atoms with Crippen molar-refractivity contribution in [2.75, 3.05) is 32.9 Å². The molecule has 0 spiro atoms. The first-order valence-electron chi connectivity index (χ1n) is 7.97. The van der Waals surface area contributed by atoms with Crippen molar-refractivity contribution in [3.05, 3.63) is 23.8 Å². The van der Waals surface area contributed by atoms with Crippen molar-refractivity contribution in [2.45, 2.75) is 31.7 Å². The Hall–Kier alpha value is -1.64. The van der Waals surface area contributed by atoms with Crippen molar-refractivity contribution >= 4 is 15.9 Å². The summed E-state index contributed by atoms with van der Waals surface area (Å²) >= 11 is 0. The second kappa shape index (κ2) is 7.96. The molecule has 1 heterocycles. The number of ether oxygens (including phenoxy) is 2. The van der Waals surface area contributed by atoms with E-state index in [1.807, 2.05) is 6.92 Å². The van der Waals surface area contributed by atoms with Gasteiger partial charge in [0, 0.05) is 13.1 Å². The molecule has 1 amide bonds. The Morgan fingerprint density at radius 3 is 2.62 bits per heavy atom. The van der Waals surface area contributed by atoms with Crippen LogP contribution in [-0.4, -0.2) is 58.2 Å². The van der Waals surface area contributed by atoms with E-state index in [2.05, 4.69) is 4.72 Å². The molecule has 0 saturated carbocycles.